The summed E-state index contributed by atoms with van der Waals surface area (Å²) in [4.78, 5) is 19.6. The van der Waals surface area contributed by atoms with Crippen LogP contribution in [0.3, 0.4) is 0 Å². The van der Waals surface area contributed by atoms with Crippen LogP contribution in [0, 0.1) is 0 Å². The molecule has 0 unspecified atom stereocenters. The van der Waals surface area contributed by atoms with E-state index in [1.54, 1.807) is 6.20 Å². The lowest BCUT2D eigenvalue weighted by molar-refractivity contribution is 0.102. The molecule has 2 aliphatic rings. The lowest BCUT2D eigenvalue weighted by Gasteiger charge is -2.29. The van der Waals surface area contributed by atoms with E-state index in [0.29, 0.717) is 0 Å². The predicted octanol–water partition coefficient (Wildman–Crippen LogP) is 4.20. The van der Waals surface area contributed by atoms with Crippen LogP contribution in [0.15, 0.2) is 36.5 Å². The average Bonchev–Trinajstić information content (AvgIpc) is 2.68. The molecule has 1 aromatic heterocycles. The number of nitrogens with one attached hydrogen (secondary N) is 1. The zero-order valence-corrected chi connectivity index (χ0v) is 14.6. The van der Waals surface area contributed by atoms with Gasteiger partial charge in [-0.2, -0.15) is 0 Å². The van der Waals surface area contributed by atoms with Gasteiger partial charge in [0.05, 0.1) is 5.69 Å². The lowest BCUT2D eigenvalue weighted by atomic mass is 9.90. The average molecular weight is 335 g/mol. The smallest absolute Gasteiger partial charge is 0.255 e. The number of hydrogen-bond acceptors (Lipinski definition) is 3. The Morgan fingerprint density at radius 3 is 2.60 bits per heavy atom. The minimum atomic E-state index is -0.0420. The summed E-state index contributed by atoms with van der Waals surface area (Å²) in [6.07, 6.45) is 10.2. The van der Waals surface area contributed by atoms with E-state index in [-0.39, 0.29) is 5.91 Å². The molecule has 2 aromatic rings. The Bertz CT molecular complexity index is 765. The summed E-state index contributed by atoms with van der Waals surface area (Å²) in [7, 11) is 0. The van der Waals surface area contributed by atoms with Gasteiger partial charge >= 0.3 is 0 Å². The van der Waals surface area contributed by atoms with Gasteiger partial charge < -0.3 is 10.2 Å². The molecule has 1 N–H and O–H groups in total. The lowest BCUT2D eigenvalue weighted by Crippen LogP contribution is -2.31. The van der Waals surface area contributed by atoms with E-state index in [2.05, 4.69) is 27.3 Å². The highest BCUT2D eigenvalue weighted by Gasteiger charge is 2.18. The molecule has 4 nitrogen and oxygen atoms in total. The molecule has 1 amide bonds. The van der Waals surface area contributed by atoms with Gasteiger partial charge in [0.2, 0.25) is 0 Å². The van der Waals surface area contributed by atoms with E-state index in [4.69, 9.17) is 0 Å². The van der Waals surface area contributed by atoms with Crippen molar-refractivity contribution in [3.63, 3.8) is 0 Å². The van der Waals surface area contributed by atoms with Gasteiger partial charge in [0.15, 0.2) is 5.82 Å². The number of benzene rings is 1. The Morgan fingerprint density at radius 2 is 1.76 bits per heavy atom. The zero-order valence-electron chi connectivity index (χ0n) is 14.6. The molecule has 0 radical (unpaired) electrons. The fourth-order valence-corrected chi connectivity index (χ4v) is 3.92. The normalized spacial score (nSPS) is 17.0. The van der Waals surface area contributed by atoms with Crippen molar-refractivity contribution in [1.29, 1.82) is 0 Å². The van der Waals surface area contributed by atoms with Crippen LogP contribution in [0.5, 0.6) is 0 Å². The van der Waals surface area contributed by atoms with E-state index < -0.39 is 0 Å². The molecular formula is C21H25N3O. The number of piperidine rings is 1. The van der Waals surface area contributed by atoms with Gasteiger partial charge in [-0.1, -0.05) is 6.07 Å². The fraction of sp³-hybridized carbons (Fsp3) is 0.429. The molecule has 2 heterocycles. The SMILES string of the molecule is O=C(Nc1cccnc1N1CCCCC1)c1ccc2c(c1)CCCC2. The number of aromatic nitrogens is 1. The largest absolute Gasteiger partial charge is 0.355 e. The minimum absolute atomic E-state index is 0.0420. The van der Waals surface area contributed by atoms with Crippen LogP contribution >= 0.6 is 0 Å². The summed E-state index contributed by atoms with van der Waals surface area (Å²) in [6.45, 7) is 2.03. The first-order valence-electron chi connectivity index (χ1n) is 9.44. The molecule has 4 rings (SSSR count). The van der Waals surface area contributed by atoms with Gasteiger partial charge in [0, 0.05) is 24.8 Å². The van der Waals surface area contributed by atoms with E-state index in [1.807, 2.05) is 18.2 Å². The summed E-state index contributed by atoms with van der Waals surface area (Å²) in [5.74, 6) is 0.855. The molecule has 25 heavy (non-hydrogen) atoms. The van der Waals surface area contributed by atoms with Gasteiger partial charge in [0.25, 0.3) is 5.91 Å². The van der Waals surface area contributed by atoms with Gasteiger partial charge in [0.1, 0.15) is 0 Å². The maximum Gasteiger partial charge on any atom is 0.255 e. The van der Waals surface area contributed by atoms with Crippen molar-refractivity contribution in [3.05, 3.63) is 53.2 Å². The highest BCUT2D eigenvalue weighted by atomic mass is 16.1. The zero-order chi connectivity index (χ0) is 17.1. The molecule has 0 saturated carbocycles. The number of carbonyl (C=O) groups is 1. The van der Waals surface area contributed by atoms with E-state index in [1.165, 1.54) is 43.2 Å². The molecule has 1 saturated heterocycles. The second-order valence-corrected chi connectivity index (χ2v) is 7.07. The highest BCUT2D eigenvalue weighted by Crippen LogP contribution is 2.27. The molecule has 130 valence electrons. The Balaban J connectivity index is 1.55. The van der Waals surface area contributed by atoms with Crippen LogP contribution in [-0.4, -0.2) is 24.0 Å². The van der Waals surface area contributed by atoms with Gasteiger partial charge in [-0.25, -0.2) is 4.98 Å². The summed E-state index contributed by atoms with van der Waals surface area (Å²) < 4.78 is 0. The van der Waals surface area contributed by atoms with E-state index in [0.717, 1.165) is 43.0 Å². The van der Waals surface area contributed by atoms with Crippen molar-refractivity contribution in [2.24, 2.45) is 0 Å². The third-order valence-corrected chi connectivity index (χ3v) is 5.30. The minimum Gasteiger partial charge on any atom is -0.355 e. The van der Waals surface area contributed by atoms with Crippen molar-refractivity contribution in [2.45, 2.75) is 44.9 Å². The Kier molecular flexibility index (Phi) is 4.68. The van der Waals surface area contributed by atoms with Crippen molar-refractivity contribution in [3.8, 4) is 0 Å². The van der Waals surface area contributed by atoms with Crippen molar-refractivity contribution in [2.75, 3.05) is 23.3 Å². The monoisotopic (exact) mass is 335 g/mol. The highest BCUT2D eigenvalue weighted by molar-refractivity contribution is 6.05. The second-order valence-electron chi connectivity index (χ2n) is 7.07. The standard InChI is InChI=1S/C21H25N3O/c25-21(18-11-10-16-7-2-3-8-17(16)15-18)23-19-9-6-12-22-20(19)24-13-4-1-5-14-24/h6,9-12,15H,1-5,7-8,13-14H2,(H,23,25). The second kappa shape index (κ2) is 7.26. The van der Waals surface area contributed by atoms with Crippen LogP contribution in [0.1, 0.15) is 53.6 Å². The molecule has 1 aromatic carbocycles. The fourth-order valence-electron chi connectivity index (χ4n) is 3.92. The van der Waals surface area contributed by atoms with Crippen LogP contribution < -0.4 is 10.2 Å². The first kappa shape index (κ1) is 16.1. The van der Waals surface area contributed by atoms with Crippen molar-refractivity contribution >= 4 is 17.4 Å². The molecular weight excluding hydrogens is 310 g/mol. The maximum absolute atomic E-state index is 12.8. The first-order valence-corrected chi connectivity index (χ1v) is 9.44. The number of rotatable bonds is 3. The van der Waals surface area contributed by atoms with Crippen LogP contribution in [0.25, 0.3) is 0 Å². The quantitative estimate of drug-likeness (QED) is 0.914. The Labute approximate surface area is 149 Å². The number of nitrogens with zero attached hydrogens (tertiary/aromatic N) is 2. The van der Waals surface area contributed by atoms with Gasteiger partial charge in [-0.05, 0) is 80.3 Å². The molecule has 4 heteroatoms. The number of fused-ring (bicyclic) bond motifs is 1. The van der Waals surface area contributed by atoms with Crippen LogP contribution in [-0.2, 0) is 12.8 Å². The molecule has 1 aliphatic carbocycles. The van der Waals surface area contributed by atoms with Crippen molar-refractivity contribution in [1.82, 2.24) is 4.98 Å². The number of hydrogen-bond donors (Lipinski definition) is 1. The number of carbonyl (C=O) groups excluding carboxylic acids is 1. The number of aryl methyl sites for hydroxylation is 2. The summed E-state index contributed by atoms with van der Waals surface area (Å²) in [5, 5.41) is 3.09. The number of anilines is 2. The topological polar surface area (TPSA) is 45.2 Å². The maximum atomic E-state index is 12.8. The number of amides is 1. The molecule has 0 atom stereocenters. The molecule has 0 spiro atoms. The summed E-state index contributed by atoms with van der Waals surface area (Å²) >= 11 is 0. The van der Waals surface area contributed by atoms with Crippen LogP contribution in [0.2, 0.25) is 0 Å². The molecule has 1 fully saturated rings. The third kappa shape index (κ3) is 3.53. The van der Waals surface area contributed by atoms with Gasteiger partial charge in [-0.15, -0.1) is 0 Å². The van der Waals surface area contributed by atoms with E-state index >= 15 is 0 Å². The van der Waals surface area contributed by atoms with E-state index in [9.17, 15) is 4.79 Å². The third-order valence-electron chi connectivity index (χ3n) is 5.30. The Morgan fingerprint density at radius 1 is 0.960 bits per heavy atom. The first-order chi connectivity index (χ1) is 12.3. The molecule has 0 bridgehead atoms. The molecule has 1 aliphatic heterocycles. The number of pyridine rings is 1. The summed E-state index contributed by atoms with van der Waals surface area (Å²) in [6, 6.07) is 9.98. The van der Waals surface area contributed by atoms with Crippen LogP contribution in [0.4, 0.5) is 11.5 Å². The Hall–Kier alpha value is -2.36. The summed E-state index contributed by atoms with van der Waals surface area (Å²) in [5.41, 5.74) is 4.29. The van der Waals surface area contributed by atoms with Gasteiger partial charge in [-0.3, -0.25) is 4.79 Å². The predicted molar refractivity (Wildman–Crippen MR) is 101 cm³/mol. The van der Waals surface area contributed by atoms with Crippen molar-refractivity contribution < 1.29 is 4.79 Å².